The number of fused-ring (bicyclic) bond motifs is 1. The molecule has 1 aromatic heterocycles. The summed E-state index contributed by atoms with van der Waals surface area (Å²) in [6, 6.07) is 0. The van der Waals surface area contributed by atoms with Crippen molar-refractivity contribution in [2.45, 2.75) is 32.0 Å². The molecule has 10 heavy (non-hydrogen) atoms. The molecule has 0 atom stereocenters. The molecule has 1 aromatic rings. The van der Waals surface area contributed by atoms with Gasteiger partial charge in [-0.05, 0) is 12.7 Å². The van der Waals surface area contributed by atoms with Crippen LogP contribution in [0.2, 0.25) is 0 Å². The van der Waals surface area contributed by atoms with Crippen molar-refractivity contribution >= 4 is 0 Å². The molecule has 2 rings (SSSR count). The topological polar surface area (TPSA) is 30.7 Å². The van der Waals surface area contributed by atoms with Crippen molar-refractivity contribution in [3.63, 3.8) is 0 Å². The fraction of sp³-hybridized carbons (Fsp3) is 0.714. The molecule has 0 N–H and O–H groups in total. The lowest BCUT2D eigenvalue weighted by molar-refractivity contribution is 0.575. The van der Waals surface area contributed by atoms with E-state index in [4.69, 9.17) is 11.0 Å². The standard InChI is InChI=1S/C7H11N3/c1-2-4-7-8-6-9-10(7)5-3-1/h6H,1-5H2/i1D2,2D2,3D2,5D2. The largest absolute Gasteiger partial charge is 0.250 e. The summed E-state index contributed by atoms with van der Waals surface area (Å²) in [4.78, 5) is 3.68. The molecule has 0 spiro atoms. The summed E-state index contributed by atoms with van der Waals surface area (Å²) in [6.07, 6.45) is -8.25. The third-order valence-corrected chi connectivity index (χ3v) is 1.18. The Labute approximate surface area is 71.3 Å². The first-order chi connectivity index (χ1) is 7.95. The van der Waals surface area contributed by atoms with E-state index in [0.717, 1.165) is 6.33 Å². The fourth-order valence-electron chi connectivity index (χ4n) is 0.728. The van der Waals surface area contributed by atoms with E-state index in [1.54, 1.807) is 0 Å². The van der Waals surface area contributed by atoms with Crippen LogP contribution in [0.4, 0.5) is 0 Å². The number of aryl methyl sites for hydroxylation is 2. The lowest BCUT2D eigenvalue weighted by Gasteiger charge is -1.96. The van der Waals surface area contributed by atoms with Gasteiger partial charge in [0.2, 0.25) is 0 Å². The predicted molar refractivity (Wildman–Crippen MR) is 37.6 cm³/mol. The quantitative estimate of drug-likeness (QED) is 0.545. The van der Waals surface area contributed by atoms with Crippen molar-refractivity contribution < 1.29 is 11.0 Å². The second-order valence-electron chi connectivity index (χ2n) is 1.80. The zero-order valence-electron chi connectivity index (χ0n) is 13.1. The smallest absolute Gasteiger partial charge is 0.138 e. The minimum atomic E-state index is -3.09. The maximum atomic E-state index is 7.75. The van der Waals surface area contributed by atoms with Crippen molar-refractivity contribution in [3.8, 4) is 0 Å². The zero-order chi connectivity index (χ0) is 14.0. The van der Waals surface area contributed by atoms with Crippen molar-refractivity contribution in [3.05, 3.63) is 12.2 Å². The van der Waals surface area contributed by atoms with E-state index >= 15 is 0 Å². The van der Waals surface area contributed by atoms with Crippen LogP contribution in [-0.2, 0) is 12.9 Å². The Morgan fingerprint density at radius 3 is 3.50 bits per heavy atom. The van der Waals surface area contributed by atoms with Gasteiger partial charge in [-0.15, -0.1) is 0 Å². The summed E-state index contributed by atoms with van der Waals surface area (Å²) >= 11 is 0. The van der Waals surface area contributed by atoms with Crippen LogP contribution in [0, 0.1) is 0 Å². The molecule has 0 aromatic carbocycles. The Balaban J connectivity index is 2.74. The van der Waals surface area contributed by atoms with Crippen LogP contribution >= 0.6 is 0 Å². The molecule has 1 aliphatic heterocycles. The molecule has 0 bridgehead atoms. The van der Waals surface area contributed by atoms with Crippen molar-refractivity contribution in [1.82, 2.24) is 14.8 Å². The molecule has 54 valence electrons. The molecule has 0 saturated carbocycles. The predicted octanol–water partition coefficient (Wildman–Crippen LogP) is 1.00. The van der Waals surface area contributed by atoms with Gasteiger partial charge < -0.3 is 0 Å². The van der Waals surface area contributed by atoms with Crippen LogP contribution in [0.3, 0.4) is 0 Å². The lowest BCUT2D eigenvalue weighted by atomic mass is 10.2. The third kappa shape index (κ3) is 0.916. The van der Waals surface area contributed by atoms with Gasteiger partial charge in [0.05, 0.1) is 2.74 Å². The van der Waals surface area contributed by atoms with E-state index in [0.29, 0.717) is 4.68 Å². The second kappa shape index (κ2) is 2.40. The average Bonchev–Trinajstić information content (AvgIpc) is 2.62. The number of nitrogens with zero attached hydrogens (tertiary/aromatic N) is 3. The minimum Gasteiger partial charge on any atom is -0.250 e. The first-order valence-corrected chi connectivity index (χ1v) is 2.84. The molecule has 0 unspecified atom stereocenters. The van der Waals surface area contributed by atoms with E-state index in [9.17, 15) is 0 Å². The van der Waals surface area contributed by atoms with Crippen molar-refractivity contribution in [2.75, 3.05) is 0 Å². The van der Waals surface area contributed by atoms with Gasteiger partial charge in [-0.1, -0.05) is 6.37 Å². The van der Waals surface area contributed by atoms with Crippen LogP contribution in [0.25, 0.3) is 0 Å². The first kappa shape index (κ1) is 1.84. The van der Waals surface area contributed by atoms with Gasteiger partial charge in [-0.2, -0.15) is 5.10 Å². The highest BCUT2D eigenvalue weighted by molar-refractivity contribution is 4.86. The van der Waals surface area contributed by atoms with Crippen molar-refractivity contribution in [1.29, 1.82) is 0 Å². The van der Waals surface area contributed by atoms with Gasteiger partial charge in [0.25, 0.3) is 0 Å². The summed E-state index contributed by atoms with van der Waals surface area (Å²) in [5, 5.41) is 3.55. The highest BCUT2D eigenvalue weighted by Crippen LogP contribution is 2.09. The monoisotopic (exact) mass is 145 g/mol. The number of hydrogen-bond donors (Lipinski definition) is 0. The Bertz CT molecular complexity index is 479. The number of rotatable bonds is 0. The van der Waals surface area contributed by atoms with Crippen LogP contribution in [0.5, 0.6) is 0 Å². The Morgan fingerprint density at radius 2 is 2.50 bits per heavy atom. The summed E-state index contributed by atoms with van der Waals surface area (Å²) in [6.45, 7) is -2.83. The molecule has 1 aliphatic rings. The molecular weight excluding hydrogens is 126 g/mol. The highest BCUT2D eigenvalue weighted by Gasteiger charge is 2.06. The van der Waals surface area contributed by atoms with Gasteiger partial charge in [0.1, 0.15) is 12.2 Å². The second-order valence-corrected chi connectivity index (χ2v) is 1.80. The SMILES string of the molecule is [2H]C1([2H])Cc2ncnn2C([2H])([2H])C([2H])([2H])C1([2H])[2H]. The summed E-state index contributed by atoms with van der Waals surface area (Å²) in [5.74, 6) is -0.116. The van der Waals surface area contributed by atoms with E-state index in [2.05, 4.69) is 10.1 Å². The van der Waals surface area contributed by atoms with Crippen molar-refractivity contribution in [2.24, 2.45) is 0 Å². The van der Waals surface area contributed by atoms with E-state index < -0.39 is 32.0 Å². The fourth-order valence-corrected chi connectivity index (χ4v) is 0.728. The minimum absolute atomic E-state index is 0.116. The van der Waals surface area contributed by atoms with E-state index in [1.165, 1.54) is 0 Å². The van der Waals surface area contributed by atoms with E-state index in [1.807, 2.05) is 0 Å². The normalized spacial score (nSPS) is 50.0. The summed E-state index contributed by atoms with van der Waals surface area (Å²) in [7, 11) is 0. The molecule has 3 heteroatoms. The van der Waals surface area contributed by atoms with Crippen LogP contribution in [-0.4, -0.2) is 14.8 Å². The van der Waals surface area contributed by atoms with Crippen LogP contribution in [0.1, 0.15) is 35.9 Å². The number of aromatic nitrogens is 3. The Morgan fingerprint density at radius 1 is 1.50 bits per heavy atom. The lowest BCUT2D eigenvalue weighted by Crippen LogP contribution is -2.01. The molecule has 0 saturated heterocycles. The van der Waals surface area contributed by atoms with Gasteiger partial charge in [-0.25, -0.2) is 4.98 Å². The molecular formula is C7H11N3. The van der Waals surface area contributed by atoms with Crippen LogP contribution < -0.4 is 0 Å². The summed E-state index contributed by atoms with van der Waals surface area (Å²) in [5.41, 5.74) is 0. The molecule has 3 nitrogen and oxygen atoms in total. The first-order valence-electron chi connectivity index (χ1n) is 6.84. The molecule has 0 fully saturated rings. The van der Waals surface area contributed by atoms with Gasteiger partial charge in [0, 0.05) is 21.1 Å². The summed E-state index contributed by atoms with van der Waals surface area (Å²) < 4.78 is 62.1. The third-order valence-electron chi connectivity index (χ3n) is 1.18. The Hall–Kier alpha value is -0.860. The average molecular weight is 145 g/mol. The highest BCUT2D eigenvalue weighted by atomic mass is 15.3. The molecule has 0 amide bonds. The molecule has 0 aliphatic carbocycles. The van der Waals surface area contributed by atoms with Gasteiger partial charge in [0.15, 0.2) is 0 Å². The molecule has 2 heterocycles. The molecule has 0 radical (unpaired) electrons. The maximum absolute atomic E-state index is 7.75. The Kier molecular flexibility index (Phi) is 0.442. The zero-order valence-corrected chi connectivity index (χ0v) is 5.13. The van der Waals surface area contributed by atoms with Crippen LogP contribution in [0.15, 0.2) is 6.33 Å². The van der Waals surface area contributed by atoms with Gasteiger partial charge >= 0.3 is 0 Å². The van der Waals surface area contributed by atoms with Gasteiger partial charge in [-0.3, -0.25) is 4.68 Å². The maximum Gasteiger partial charge on any atom is 0.138 e. The number of hydrogen-bond acceptors (Lipinski definition) is 2. The van der Waals surface area contributed by atoms with E-state index in [-0.39, 0.29) is 5.82 Å².